The van der Waals surface area contributed by atoms with Crippen LogP contribution >= 0.6 is 0 Å². The zero-order valence-corrected chi connectivity index (χ0v) is 10.5. The standard InChI is InChI=1S/C13H19N3O2/c1-13(18)5-7-16(8-6-13)11-9(12(15)17)3-2-4-10(11)14/h2-4,18H,5-8,14H2,1H3,(H2,15,17). The summed E-state index contributed by atoms with van der Waals surface area (Å²) < 4.78 is 0. The Balaban J connectivity index is 2.31. The highest BCUT2D eigenvalue weighted by Crippen LogP contribution is 2.32. The van der Waals surface area contributed by atoms with Gasteiger partial charge in [0.1, 0.15) is 0 Å². The number of nitrogens with zero attached hydrogens (tertiary/aromatic N) is 1. The van der Waals surface area contributed by atoms with Crippen molar-refractivity contribution in [2.75, 3.05) is 23.7 Å². The Labute approximate surface area is 106 Å². The molecule has 1 aromatic rings. The first-order valence-corrected chi connectivity index (χ1v) is 6.06. The minimum absolute atomic E-state index is 0.441. The number of hydrogen-bond donors (Lipinski definition) is 3. The predicted octanol–water partition coefficient (Wildman–Crippen LogP) is 0.719. The van der Waals surface area contributed by atoms with Crippen molar-refractivity contribution in [3.8, 4) is 0 Å². The Morgan fingerprint density at radius 2 is 2.00 bits per heavy atom. The van der Waals surface area contributed by atoms with E-state index >= 15 is 0 Å². The van der Waals surface area contributed by atoms with Crippen molar-refractivity contribution >= 4 is 17.3 Å². The average Bonchev–Trinajstić information content (AvgIpc) is 2.29. The van der Waals surface area contributed by atoms with Crippen molar-refractivity contribution in [3.05, 3.63) is 23.8 Å². The smallest absolute Gasteiger partial charge is 0.250 e. The molecule has 5 nitrogen and oxygen atoms in total. The Morgan fingerprint density at radius 1 is 1.39 bits per heavy atom. The predicted molar refractivity (Wildman–Crippen MR) is 71.4 cm³/mol. The maximum Gasteiger partial charge on any atom is 0.250 e. The van der Waals surface area contributed by atoms with Gasteiger partial charge >= 0.3 is 0 Å². The number of anilines is 2. The number of hydrogen-bond acceptors (Lipinski definition) is 4. The van der Waals surface area contributed by atoms with Gasteiger partial charge in [0.2, 0.25) is 0 Å². The molecular weight excluding hydrogens is 230 g/mol. The first kappa shape index (κ1) is 12.7. The Kier molecular flexibility index (Phi) is 3.17. The molecule has 98 valence electrons. The molecule has 1 aliphatic heterocycles. The lowest BCUT2D eigenvalue weighted by atomic mass is 9.93. The van der Waals surface area contributed by atoms with E-state index in [4.69, 9.17) is 11.5 Å². The number of nitrogen functional groups attached to an aromatic ring is 1. The van der Waals surface area contributed by atoms with Crippen molar-refractivity contribution < 1.29 is 9.90 Å². The lowest BCUT2D eigenvalue weighted by Gasteiger charge is -2.38. The highest BCUT2D eigenvalue weighted by atomic mass is 16.3. The molecule has 0 spiro atoms. The van der Waals surface area contributed by atoms with Crippen molar-refractivity contribution in [1.82, 2.24) is 0 Å². The summed E-state index contributed by atoms with van der Waals surface area (Å²) in [6, 6.07) is 5.16. The fourth-order valence-corrected chi connectivity index (χ4v) is 2.33. The zero-order valence-electron chi connectivity index (χ0n) is 10.5. The van der Waals surface area contributed by atoms with Gasteiger partial charge in [0.25, 0.3) is 5.91 Å². The quantitative estimate of drug-likeness (QED) is 0.673. The summed E-state index contributed by atoms with van der Waals surface area (Å²) in [6.07, 6.45) is 1.30. The largest absolute Gasteiger partial charge is 0.397 e. The average molecular weight is 249 g/mol. The number of benzene rings is 1. The van der Waals surface area contributed by atoms with E-state index in [0.717, 1.165) is 0 Å². The number of amides is 1. The monoisotopic (exact) mass is 249 g/mol. The summed E-state index contributed by atoms with van der Waals surface area (Å²) in [7, 11) is 0. The molecule has 1 aliphatic rings. The maximum atomic E-state index is 11.4. The SMILES string of the molecule is CC1(O)CCN(c2c(N)cccc2C(N)=O)CC1. The summed E-state index contributed by atoms with van der Waals surface area (Å²) in [5.74, 6) is -0.477. The minimum Gasteiger partial charge on any atom is -0.397 e. The number of carbonyl (C=O) groups excluding carboxylic acids is 1. The van der Waals surface area contributed by atoms with Crippen LogP contribution in [0.2, 0.25) is 0 Å². The summed E-state index contributed by atoms with van der Waals surface area (Å²) in [5, 5.41) is 9.94. The van der Waals surface area contributed by atoms with Gasteiger partial charge in [-0.3, -0.25) is 4.79 Å². The molecule has 0 aromatic heterocycles. The van der Waals surface area contributed by atoms with Crippen LogP contribution in [0, 0.1) is 0 Å². The molecule has 2 rings (SSSR count). The third kappa shape index (κ3) is 2.41. The molecule has 0 radical (unpaired) electrons. The van der Waals surface area contributed by atoms with Crippen LogP contribution in [0.25, 0.3) is 0 Å². The molecule has 0 unspecified atom stereocenters. The topological polar surface area (TPSA) is 92.6 Å². The van der Waals surface area contributed by atoms with Gasteiger partial charge in [0.15, 0.2) is 0 Å². The van der Waals surface area contributed by atoms with Crippen molar-refractivity contribution in [2.45, 2.75) is 25.4 Å². The zero-order chi connectivity index (χ0) is 13.3. The van der Waals surface area contributed by atoms with Crippen LogP contribution in [0.15, 0.2) is 18.2 Å². The maximum absolute atomic E-state index is 11.4. The fourth-order valence-electron chi connectivity index (χ4n) is 2.33. The van der Waals surface area contributed by atoms with E-state index in [1.54, 1.807) is 18.2 Å². The molecule has 0 atom stereocenters. The molecule has 1 fully saturated rings. The fraction of sp³-hybridized carbons (Fsp3) is 0.462. The molecule has 1 amide bonds. The minimum atomic E-state index is -0.632. The number of piperidine rings is 1. The number of nitrogens with two attached hydrogens (primary N) is 2. The number of rotatable bonds is 2. The highest BCUT2D eigenvalue weighted by Gasteiger charge is 2.29. The van der Waals surface area contributed by atoms with E-state index in [0.29, 0.717) is 42.9 Å². The normalized spacial score (nSPS) is 18.7. The van der Waals surface area contributed by atoms with Crippen LogP contribution in [0.1, 0.15) is 30.1 Å². The number of carbonyl (C=O) groups is 1. The van der Waals surface area contributed by atoms with E-state index in [1.165, 1.54) is 0 Å². The third-order valence-corrected chi connectivity index (χ3v) is 3.49. The summed E-state index contributed by atoms with van der Waals surface area (Å²) in [5.41, 5.74) is 12.4. The lowest BCUT2D eigenvalue weighted by molar-refractivity contribution is 0.0351. The van der Waals surface area contributed by atoms with Gasteiger partial charge in [-0.2, -0.15) is 0 Å². The first-order valence-electron chi connectivity index (χ1n) is 6.06. The van der Waals surface area contributed by atoms with Crippen LogP contribution in [0.4, 0.5) is 11.4 Å². The number of aliphatic hydroxyl groups is 1. The second-order valence-corrected chi connectivity index (χ2v) is 5.09. The van der Waals surface area contributed by atoms with Gasteiger partial charge in [0.05, 0.1) is 22.5 Å². The first-order chi connectivity index (χ1) is 8.41. The molecular formula is C13H19N3O2. The van der Waals surface area contributed by atoms with E-state index in [2.05, 4.69) is 0 Å². The Hall–Kier alpha value is -1.75. The van der Waals surface area contributed by atoms with Crippen LogP contribution in [-0.2, 0) is 0 Å². The number of para-hydroxylation sites is 1. The number of primary amides is 1. The summed E-state index contributed by atoms with van der Waals surface area (Å²) in [6.45, 7) is 3.16. The van der Waals surface area contributed by atoms with Crippen LogP contribution < -0.4 is 16.4 Å². The molecule has 18 heavy (non-hydrogen) atoms. The summed E-state index contributed by atoms with van der Waals surface area (Å²) >= 11 is 0. The van der Waals surface area contributed by atoms with Crippen LogP contribution in [0.3, 0.4) is 0 Å². The van der Waals surface area contributed by atoms with Gasteiger partial charge < -0.3 is 21.5 Å². The van der Waals surface area contributed by atoms with E-state index in [9.17, 15) is 9.90 Å². The molecule has 0 saturated carbocycles. The molecule has 1 aromatic carbocycles. The molecule has 0 bridgehead atoms. The molecule has 5 heteroatoms. The Morgan fingerprint density at radius 3 is 2.56 bits per heavy atom. The highest BCUT2D eigenvalue weighted by molar-refractivity contribution is 6.01. The van der Waals surface area contributed by atoms with E-state index < -0.39 is 11.5 Å². The van der Waals surface area contributed by atoms with E-state index in [1.807, 2.05) is 11.8 Å². The van der Waals surface area contributed by atoms with Gasteiger partial charge in [-0.25, -0.2) is 0 Å². The van der Waals surface area contributed by atoms with Gasteiger partial charge in [-0.1, -0.05) is 6.07 Å². The van der Waals surface area contributed by atoms with Gasteiger partial charge in [0, 0.05) is 13.1 Å². The lowest BCUT2D eigenvalue weighted by Crippen LogP contribution is -2.43. The molecule has 1 saturated heterocycles. The molecule has 1 heterocycles. The van der Waals surface area contributed by atoms with Crippen molar-refractivity contribution in [3.63, 3.8) is 0 Å². The second-order valence-electron chi connectivity index (χ2n) is 5.09. The van der Waals surface area contributed by atoms with Crippen molar-refractivity contribution in [2.24, 2.45) is 5.73 Å². The Bertz CT molecular complexity index is 461. The van der Waals surface area contributed by atoms with Gasteiger partial charge in [-0.05, 0) is 31.9 Å². The van der Waals surface area contributed by atoms with Crippen molar-refractivity contribution in [1.29, 1.82) is 0 Å². The van der Waals surface area contributed by atoms with Crippen LogP contribution in [-0.4, -0.2) is 29.7 Å². The van der Waals surface area contributed by atoms with E-state index in [-0.39, 0.29) is 0 Å². The summed E-state index contributed by atoms with van der Waals surface area (Å²) in [4.78, 5) is 13.5. The third-order valence-electron chi connectivity index (χ3n) is 3.49. The molecule has 5 N–H and O–H groups in total. The molecule has 0 aliphatic carbocycles. The van der Waals surface area contributed by atoms with Gasteiger partial charge in [-0.15, -0.1) is 0 Å². The van der Waals surface area contributed by atoms with Crippen LogP contribution in [0.5, 0.6) is 0 Å². The second kappa shape index (κ2) is 4.49.